The highest BCUT2D eigenvalue weighted by Crippen LogP contribution is 2.23. The summed E-state index contributed by atoms with van der Waals surface area (Å²) in [6.45, 7) is 4.95. The molecule has 0 amide bonds. The average Bonchev–Trinajstić information content (AvgIpc) is 2.38. The second-order valence-electron chi connectivity index (χ2n) is 5.54. The third-order valence-electron chi connectivity index (χ3n) is 3.28. The maximum atomic E-state index is 10.9. The van der Waals surface area contributed by atoms with Crippen LogP contribution in [0.25, 0.3) is 0 Å². The number of carbonyl (C=O) groups is 1. The van der Waals surface area contributed by atoms with E-state index < -0.39 is 11.4 Å². The van der Waals surface area contributed by atoms with Crippen molar-refractivity contribution < 1.29 is 14.6 Å². The van der Waals surface area contributed by atoms with Gasteiger partial charge in [0, 0.05) is 6.61 Å². The van der Waals surface area contributed by atoms with Gasteiger partial charge in [-0.1, -0.05) is 43.2 Å². The zero-order valence-electron chi connectivity index (χ0n) is 11.9. The Morgan fingerprint density at radius 2 is 1.84 bits per heavy atom. The first-order valence-electron chi connectivity index (χ1n) is 6.87. The lowest BCUT2D eigenvalue weighted by molar-refractivity contribution is -0.147. The molecule has 1 aromatic rings. The predicted octanol–water partition coefficient (Wildman–Crippen LogP) is 3.87. The molecule has 1 aromatic carbocycles. The van der Waals surface area contributed by atoms with E-state index in [0.717, 1.165) is 32.3 Å². The fourth-order valence-electron chi connectivity index (χ4n) is 1.82. The molecule has 0 saturated carbocycles. The Kier molecular flexibility index (Phi) is 6.57. The lowest BCUT2D eigenvalue weighted by Gasteiger charge is -2.18. The molecule has 0 aliphatic carbocycles. The molecule has 0 saturated heterocycles. The lowest BCUT2D eigenvalue weighted by Crippen LogP contribution is -2.23. The van der Waals surface area contributed by atoms with Crippen LogP contribution in [0.15, 0.2) is 30.3 Å². The Hall–Kier alpha value is -1.35. The van der Waals surface area contributed by atoms with Crippen LogP contribution in [0.1, 0.15) is 45.1 Å². The first-order chi connectivity index (χ1) is 9.02. The Morgan fingerprint density at radius 3 is 2.47 bits per heavy atom. The second kappa shape index (κ2) is 7.95. The molecule has 0 spiro atoms. The van der Waals surface area contributed by atoms with Gasteiger partial charge in [-0.3, -0.25) is 4.79 Å². The smallest absolute Gasteiger partial charge is 0.309 e. The molecule has 106 valence electrons. The van der Waals surface area contributed by atoms with Crippen molar-refractivity contribution in [2.75, 3.05) is 6.61 Å². The van der Waals surface area contributed by atoms with Gasteiger partial charge in [0.1, 0.15) is 0 Å². The maximum Gasteiger partial charge on any atom is 0.309 e. The van der Waals surface area contributed by atoms with Crippen molar-refractivity contribution in [3.63, 3.8) is 0 Å². The van der Waals surface area contributed by atoms with Crippen molar-refractivity contribution in [3.05, 3.63) is 35.9 Å². The van der Waals surface area contributed by atoms with Crippen LogP contribution < -0.4 is 0 Å². The molecule has 0 unspecified atom stereocenters. The van der Waals surface area contributed by atoms with Gasteiger partial charge >= 0.3 is 5.97 Å². The number of hydrogen-bond acceptors (Lipinski definition) is 2. The number of rotatable bonds is 9. The highest BCUT2D eigenvalue weighted by Gasteiger charge is 2.25. The maximum absolute atomic E-state index is 10.9. The Labute approximate surface area is 115 Å². The van der Waals surface area contributed by atoms with Crippen molar-refractivity contribution >= 4 is 5.97 Å². The molecule has 3 nitrogen and oxygen atoms in total. The summed E-state index contributed by atoms with van der Waals surface area (Å²) in [6, 6.07) is 10.1. The molecular formula is C16H24O3. The van der Waals surface area contributed by atoms with Gasteiger partial charge in [0.05, 0.1) is 12.0 Å². The molecule has 0 heterocycles. The number of hydrogen-bond donors (Lipinski definition) is 1. The number of benzene rings is 1. The number of carboxylic acid groups (broad SMARTS) is 1. The first kappa shape index (κ1) is 15.7. The van der Waals surface area contributed by atoms with E-state index in [1.165, 1.54) is 5.56 Å². The van der Waals surface area contributed by atoms with Gasteiger partial charge in [-0.2, -0.15) is 0 Å². The van der Waals surface area contributed by atoms with E-state index >= 15 is 0 Å². The quantitative estimate of drug-likeness (QED) is 0.689. The number of ether oxygens (including phenoxy) is 1. The van der Waals surface area contributed by atoms with Crippen LogP contribution in [-0.2, 0) is 16.1 Å². The monoisotopic (exact) mass is 264 g/mol. The van der Waals surface area contributed by atoms with E-state index in [-0.39, 0.29) is 0 Å². The third-order valence-corrected chi connectivity index (χ3v) is 3.28. The zero-order chi connectivity index (χ0) is 14.1. The van der Waals surface area contributed by atoms with E-state index in [1.807, 2.05) is 18.2 Å². The molecule has 0 aliphatic rings. The SMILES string of the molecule is CC(C)(CCCCCOCc1ccccc1)C(=O)O. The van der Waals surface area contributed by atoms with Crippen molar-refractivity contribution in [2.24, 2.45) is 5.41 Å². The highest BCUT2D eigenvalue weighted by molar-refractivity contribution is 5.73. The standard InChI is InChI=1S/C16H24O3/c1-16(2,15(17)18)11-7-4-8-12-19-13-14-9-5-3-6-10-14/h3,5-6,9-10H,4,7-8,11-13H2,1-2H3,(H,17,18). The van der Waals surface area contributed by atoms with Crippen molar-refractivity contribution in [3.8, 4) is 0 Å². The highest BCUT2D eigenvalue weighted by atomic mass is 16.5. The van der Waals surface area contributed by atoms with Crippen LogP contribution in [-0.4, -0.2) is 17.7 Å². The summed E-state index contributed by atoms with van der Waals surface area (Å²) in [6.07, 6.45) is 3.67. The number of carboxylic acids is 1. The van der Waals surface area contributed by atoms with Gasteiger partial charge in [0.15, 0.2) is 0 Å². The van der Waals surface area contributed by atoms with Gasteiger partial charge in [-0.25, -0.2) is 0 Å². The minimum atomic E-state index is -0.715. The van der Waals surface area contributed by atoms with Crippen LogP contribution in [0.2, 0.25) is 0 Å². The summed E-state index contributed by atoms with van der Waals surface area (Å²) in [4.78, 5) is 10.9. The van der Waals surface area contributed by atoms with Crippen LogP contribution >= 0.6 is 0 Å². The fourth-order valence-corrected chi connectivity index (χ4v) is 1.82. The summed E-state index contributed by atoms with van der Waals surface area (Å²) >= 11 is 0. The van der Waals surface area contributed by atoms with Crippen molar-refractivity contribution in [1.29, 1.82) is 0 Å². The molecule has 0 aromatic heterocycles. The van der Waals surface area contributed by atoms with Crippen molar-refractivity contribution in [1.82, 2.24) is 0 Å². The number of aliphatic carboxylic acids is 1. The first-order valence-corrected chi connectivity index (χ1v) is 6.87. The topological polar surface area (TPSA) is 46.5 Å². The van der Waals surface area contributed by atoms with Gasteiger partial charge in [0.25, 0.3) is 0 Å². The van der Waals surface area contributed by atoms with Gasteiger partial charge in [-0.15, -0.1) is 0 Å². The molecule has 0 fully saturated rings. The third kappa shape index (κ3) is 6.39. The predicted molar refractivity (Wildman–Crippen MR) is 76.0 cm³/mol. The zero-order valence-corrected chi connectivity index (χ0v) is 11.9. The second-order valence-corrected chi connectivity index (χ2v) is 5.54. The van der Waals surface area contributed by atoms with E-state index in [9.17, 15) is 4.79 Å². The van der Waals surface area contributed by atoms with Crippen molar-refractivity contribution in [2.45, 2.75) is 46.1 Å². The van der Waals surface area contributed by atoms with Gasteiger partial charge in [-0.05, 0) is 32.3 Å². The van der Waals surface area contributed by atoms with E-state index in [1.54, 1.807) is 13.8 Å². The van der Waals surface area contributed by atoms with E-state index in [0.29, 0.717) is 6.61 Å². The van der Waals surface area contributed by atoms with Crippen LogP contribution in [0, 0.1) is 5.41 Å². The summed E-state index contributed by atoms with van der Waals surface area (Å²) in [5.41, 5.74) is 0.583. The molecule has 0 radical (unpaired) electrons. The molecular weight excluding hydrogens is 240 g/mol. The summed E-state index contributed by atoms with van der Waals surface area (Å²) in [5.74, 6) is -0.715. The Bertz CT molecular complexity index is 371. The molecule has 0 bridgehead atoms. The summed E-state index contributed by atoms with van der Waals surface area (Å²) in [5, 5.41) is 8.98. The van der Waals surface area contributed by atoms with Crippen LogP contribution in [0.3, 0.4) is 0 Å². The van der Waals surface area contributed by atoms with E-state index in [4.69, 9.17) is 9.84 Å². The minimum absolute atomic E-state index is 0.606. The summed E-state index contributed by atoms with van der Waals surface area (Å²) < 4.78 is 5.58. The molecule has 0 aliphatic heterocycles. The minimum Gasteiger partial charge on any atom is -0.481 e. The Balaban J connectivity index is 2.02. The summed E-state index contributed by atoms with van der Waals surface area (Å²) in [7, 11) is 0. The largest absolute Gasteiger partial charge is 0.481 e. The average molecular weight is 264 g/mol. The van der Waals surface area contributed by atoms with Crippen LogP contribution in [0.5, 0.6) is 0 Å². The Morgan fingerprint density at radius 1 is 1.16 bits per heavy atom. The molecule has 19 heavy (non-hydrogen) atoms. The molecule has 1 N–H and O–H groups in total. The normalized spacial score (nSPS) is 11.5. The number of unbranched alkanes of at least 4 members (excludes halogenated alkanes) is 2. The molecule has 1 rings (SSSR count). The van der Waals surface area contributed by atoms with E-state index in [2.05, 4.69) is 12.1 Å². The lowest BCUT2D eigenvalue weighted by atomic mass is 9.87. The van der Waals surface area contributed by atoms with Crippen LogP contribution in [0.4, 0.5) is 0 Å². The van der Waals surface area contributed by atoms with Gasteiger partial charge < -0.3 is 9.84 Å². The molecule has 0 atom stereocenters. The van der Waals surface area contributed by atoms with Gasteiger partial charge in [0.2, 0.25) is 0 Å². The molecule has 3 heteroatoms. The fraction of sp³-hybridized carbons (Fsp3) is 0.562.